The smallest absolute Gasteiger partial charge is 0.390 e. The largest absolute Gasteiger partial charge is 0.481 e. The van der Waals surface area contributed by atoms with Crippen molar-refractivity contribution in [2.45, 2.75) is 56.2 Å². The van der Waals surface area contributed by atoms with Crippen LogP contribution in [0.1, 0.15) is 55.5 Å². The number of alkyl halides is 5. The SMILES string of the molecule is N[C@H](c1nc2c(F)c(C(CC(F)(F)F)C(=O)O)ccc2[nH]1)C1CCC(F)(F)CC1. The molecule has 1 aliphatic rings. The van der Waals surface area contributed by atoms with E-state index in [9.17, 15) is 31.1 Å². The highest BCUT2D eigenvalue weighted by atomic mass is 19.4. The third-order valence-electron chi connectivity index (χ3n) is 5.34. The Labute approximate surface area is 161 Å². The molecule has 11 heteroatoms. The number of carbonyl (C=O) groups is 1. The number of aliphatic carboxylic acids is 1. The van der Waals surface area contributed by atoms with Gasteiger partial charge in [-0.1, -0.05) is 6.07 Å². The summed E-state index contributed by atoms with van der Waals surface area (Å²) in [5.74, 6) is -8.03. The van der Waals surface area contributed by atoms with E-state index in [1.165, 1.54) is 6.07 Å². The van der Waals surface area contributed by atoms with Crippen LogP contribution in [0.5, 0.6) is 0 Å². The van der Waals surface area contributed by atoms with Gasteiger partial charge in [0, 0.05) is 18.4 Å². The minimum absolute atomic E-state index is 0.119. The maximum absolute atomic E-state index is 14.8. The number of aromatic nitrogens is 2. The van der Waals surface area contributed by atoms with Crippen molar-refractivity contribution in [3.05, 3.63) is 29.3 Å². The van der Waals surface area contributed by atoms with Crippen LogP contribution in [0.2, 0.25) is 0 Å². The summed E-state index contributed by atoms with van der Waals surface area (Å²) in [5.41, 5.74) is 5.27. The molecule has 0 spiro atoms. The van der Waals surface area contributed by atoms with Gasteiger partial charge in [0.25, 0.3) is 0 Å². The lowest BCUT2D eigenvalue weighted by Crippen LogP contribution is -2.31. The number of halogens is 6. The minimum atomic E-state index is -4.80. The molecule has 0 radical (unpaired) electrons. The number of imidazole rings is 1. The van der Waals surface area contributed by atoms with Crippen molar-refractivity contribution in [3.63, 3.8) is 0 Å². The first-order chi connectivity index (χ1) is 13.4. The van der Waals surface area contributed by atoms with Gasteiger partial charge in [0.2, 0.25) is 5.92 Å². The quantitative estimate of drug-likeness (QED) is 0.611. The first-order valence-electron chi connectivity index (χ1n) is 8.99. The van der Waals surface area contributed by atoms with Gasteiger partial charge in [-0.05, 0) is 24.8 Å². The van der Waals surface area contributed by atoms with Crippen LogP contribution in [0.3, 0.4) is 0 Å². The molecular formula is C18H19F6N3O2. The number of H-pyrrole nitrogens is 1. The summed E-state index contributed by atoms with van der Waals surface area (Å²) in [6.07, 6.45) is -6.84. The molecule has 0 amide bonds. The Morgan fingerprint density at radius 2 is 1.93 bits per heavy atom. The molecule has 3 rings (SSSR count). The molecule has 29 heavy (non-hydrogen) atoms. The standard InChI is InChI=1S/C18H19F6N3O2/c19-12-9(10(16(28)29)7-18(22,23)24)1-2-11-14(12)27-15(26-11)13(25)8-3-5-17(20,21)6-4-8/h1-2,8,10,13H,3-7,25H2,(H,26,27)(H,28,29)/t10?,13-/m0/s1. The second-order valence-electron chi connectivity index (χ2n) is 7.42. The second-order valence-corrected chi connectivity index (χ2v) is 7.42. The Morgan fingerprint density at radius 1 is 1.31 bits per heavy atom. The van der Waals surface area contributed by atoms with Gasteiger partial charge in [0.1, 0.15) is 11.3 Å². The van der Waals surface area contributed by atoms with E-state index in [1.807, 2.05) is 0 Å². The van der Waals surface area contributed by atoms with Crippen molar-refractivity contribution in [2.75, 3.05) is 0 Å². The van der Waals surface area contributed by atoms with Crippen LogP contribution in [0.15, 0.2) is 12.1 Å². The Bertz CT molecular complexity index is 901. The number of fused-ring (bicyclic) bond motifs is 1. The van der Waals surface area contributed by atoms with Crippen LogP contribution in [-0.2, 0) is 4.79 Å². The zero-order valence-electron chi connectivity index (χ0n) is 15.1. The number of carboxylic acids is 1. The number of benzene rings is 1. The number of nitrogens with one attached hydrogen (secondary N) is 1. The number of carboxylic acid groups (broad SMARTS) is 1. The van der Waals surface area contributed by atoms with Crippen LogP contribution in [-0.4, -0.2) is 33.1 Å². The average molecular weight is 423 g/mol. The van der Waals surface area contributed by atoms with Gasteiger partial charge >= 0.3 is 12.1 Å². The van der Waals surface area contributed by atoms with Gasteiger partial charge in [-0.15, -0.1) is 0 Å². The minimum Gasteiger partial charge on any atom is -0.481 e. The van der Waals surface area contributed by atoms with Crippen molar-refractivity contribution < 1.29 is 36.2 Å². The highest BCUT2D eigenvalue weighted by Gasteiger charge is 2.39. The lowest BCUT2D eigenvalue weighted by atomic mass is 9.82. The number of aromatic amines is 1. The molecule has 160 valence electrons. The molecule has 1 heterocycles. The lowest BCUT2D eigenvalue weighted by molar-refractivity contribution is -0.157. The highest BCUT2D eigenvalue weighted by molar-refractivity contribution is 5.81. The van der Waals surface area contributed by atoms with E-state index in [-0.39, 0.29) is 48.5 Å². The summed E-state index contributed by atoms with van der Waals surface area (Å²) < 4.78 is 79.5. The van der Waals surface area contributed by atoms with Gasteiger partial charge in [0.05, 0.1) is 23.9 Å². The van der Waals surface area contributed by atoms with E-state index < -0.39 is 47.8 Å². The normalized spacial score (nSPS) is 20.0. The summed E-state index contributed by atoms with van der Waals surface area (Å²) in [6.45, 7) is 0. The predicted molar refractivity (Wildman–Crippen MR) is 90.9 cm³/mol. The van der Waals surface area contributed by atoms with Crippen LogP contribution < -0.4 is 5.73 Å². The average Bonchev–Trinajstić information content (AvgIpc) is 3.04. The first-order valence-corrected chi connectivity index (χ1v) is 8.99. The van der Waals surface area contributed by atoms with E-state index in [2.05, 4.69) is 9.97 Å². The van der Waals surface area contributed by atoms with Gasteiger partial charge in [0.15, 0.2) is 5.82 Å². The summed E-state index contributed by atoms with van der Waals surface area (Å²) in [7, 11) is 0. The highest BCUT2D eigenvalue weighted by Crippen LogP contribution is 2.41. The molecule has 1 aromatic heterocycles. The Balaban J connectivity index is 1.91. The molecule has 4 N–H and O–H groups in total. The second kappa shape index (κ2) is 7.51. The van der Waals surface area contributed by atoms with Crippen LogP contribution in [0, 0.1) is 11.7 Å². The first kappa shape index (κ1) is 21.4. The molecule has 1 aromatic carbocycles. The molecule has 2 atom stereocenters. The number of hydrogen-bond donors (Lipinski definition) is 3. The van der Waals surface area contributed by atoms with E-state index in [0.29, 0.717) is 0 Å². The maximum Gasteiger partial charge on any atom is 0.390 e. The fourth-order valence-corrected chi connectivity index (χ4v) is 3.71. The zero-order chi connectivity index (χ0) is 21.6. The van der Waals surface area contributed by atoms with Crippen LogP contribution >= 0.6 is 0 Å². The topological polar surface area (TPSA) is 92.0 Å². The maximum atomic E-state index is 14.8. The van der Waals surface area contributed by atoms with Crippen LogP contribution in [0.25, 0.3) is 11.0 Å². The molecule has 0 saturated heterocycles. The molecule has 5 nitrogen and oxygen atoms in total. The van der Waals surface area contributed by atoms with Gasteiger partial charge in [-0.2, -0.15) is 13.2 Å². The van der Waals surface area contributed by atoms with Crippen LogP contribution in [0.4, 0.5) is 26.3 Å². The summed E-state index contributed by atoms with van der Waals surface area (Å²) in [6, 6.07) is 1.42. The predicted octanol–water partition coefficient (Wildman–Crippen LogP) is 4.65. The summed E-state index contributed by atoms with van der Waals surface area (Å²) >= 11 is 0. The zero-order valence-corrected chi connectivity index (χ0v) is 15.1. The number of nitrogens with zero attached hydrogens (tertiary/aromatic N) is 1. The van der Waals surface area contributed by atoms with Crippen molar-refractivity contribution >= 4 is 17.0 Å². The summed E-state index contributed by atoms with van der Waals surface area (Å²) in [5, 5.41) is 9.12. The van der Waals surface area contributed by atoms with Crippen molar-refractivity contribution in [1.82, 2.24) is 9.97 Å². The number of nitrogens with two attached hydrogens (primary N) is 1. The summed E-state index contributed by atoms with van der Waals surface area (Å²) in [4.78, 5) is 18.0. The van der Waals surface area contributed by atoms with Gasteiger partial charge in [-0.3, -0.25) is 4.79 Å². The third kappa shape index (κ3) is 4.65. The fourth-order valence-electron chi connectivity index (χ4n) is 3.71. The monoisotopic (exact) mass is 423 g/mol. The number of hydrogen-bond acceptors (Lipinski definition) is 3. The number of rotatable bonds is 5. The van der Waals surface area contributed by atoms with E-state index in [1.54, 1.807) is 0 Å². The molecule has 0 bridgehead atoms. The molecule has 1 saturated carbocycles. The van der Waals surface area contributed by atoms with Crippen molar-refractivity contribution in [1.29, 1.82) is 0 Å². The molecule has 2 aromatic rings. The Hall–Kier alpha value is -2.30. The fraction of sp³-hybridized carbons (Fsp3) is 0.556. The molecule has 1 aliphatic carbocycles. The Morgan fingerprint density at radius 3 is 2.48 bits per heavy atom. The molecular weight excluding hydrogens is 404 g/mol. The van der Waals surface area contributed by atoms with E-state index in [0.717, 1.165) is 6.07 Å². The van der Waals surface area contributed by atoms with Gasteiger partial charge in [-0.25, -0.2) is 18.2 Å². The van der Waals surface area contributed by atoms with E-state index in [4.69, 9.17) is 10.8 Å². The molecule has 1 unspecified atom stereocenters. The third-order valence-corrected chi connectivity index (χ3v) is 5.34. The lowest BCUT2D eigenvalue weighted by Gasteiger charge is -2.31. The Kier molecular flexibility index (Phi) is 5.54. The van der Waals surface area contributed by atoms with E-state index >= 15 is 0 Å². The van der Waals surface area contributed by atoms with Gasteiger partial charge < -0.3 is 15.8 Å². The molecule has 1 fully saturated rings. The molecule has 0 aliphatic heterocycles. The van der Waals surface area contributed by atoms with Crippen molar-refractivity contribution in [2.24, 2.45) is 11.7 Å². The van der Waals surface area contributed by atoms with Crippen molar-refractivity contribution in [3.8, 4) is 0 Å².